The fourth-order valence-corrected chi connectivity index (χ4v) is 1.22. The molecule has 5 heteroatoms. The van der Waals surface area contributed by atoms with Gasteiger partial charge in [0.25, 0.3) is 0 Å². The summed E-state index contributed by atoms with van der Waals surface area (Å²) in [6, 6.07) is -0.902. The molecule has 0 saturated carbocycles. The van der Waals surface area contributed by atoms with Gasteiger partial charge in [-0.05, 0) is 6.42 Å². The van der Waals surface area contributed by atoms with Crippen molar-refractivity contribution in [3.63, 3.8) is 0 Å². The molecule has 0 aliphatic carbocycles. The minimum Gasteiger partial charge on any atom is -0.480 e. The Balaban J connectivity index is 2.42. The molecule has 1 rings (SSSR count). The summed E-state index contributed by atoms with van der Waals surface area (Å²) in [4.78, 5) is 10.4. The summed E-state index contributed by atoms with van der Waals surface area (Å²) in [5.41, 5.74) is 4.92. The Morgan fingerprint density at radius 2 is 2.25 bits per heavy atom. The maximum atomic E-state index is 10.4. The molecule has 5 nitrogen and oxygen atoms in total. The lowest BCUT2D eigenvalue weighted by molar-refractivity contribution is -0.154. The molecule has 1 fully saturated rings. The van der Waals surface area contributed by atoms with Gasteiger partial charge in [0.2, 0.25) is 0 Å². The number of aliphatic hydroxyl groups is 1. The summed E-state index contributed by atoms with van der Waals surface area (Å²) in [5.74, 6) is -1.03. The molecule has 0 aromatic heterocycles. The van der Waals surface area contributed by atoms with Crippen LogP contribution in [0.2, 0.25) is 0 Å². The van der Waals surface area contributed by atoms with Crippen molar-refractivity contribution in [1.29, 1.82) is 0 Å². The molecule has 4 N–H and O–H groups in total. The minimum absolute atomic E-state index is 0.0615. The molecule has 0 bridgehead atoms. The maximum absolute atomic E-state index is 10.4. The molecule has 0 amide bonds. The van der Waals surface area contributed by atoms with Gasteiger partial charge in [0, 0.05) is 5.41 Å². The van der Waals surface area contributed by atoms with Gasteiger partial charge in [0.05, 0.1) is 19.8 Å². The van der Waals surface area contributed by atoms with Crippen LogP contribution in [0.3, 0.4) is 0 Å². The SMILES string of the molecule is N[C@H](CC1(CO)COC1)C(=O)O. The monoisotopic (exact) mass is 175 g/mol. The lowest BCUT2D eigenvalue weighted by atomic mass is 9.81. The van der Waals surface area contributed by atoms with Crippen LogP contribution in [0.15, 0.2) is 0 Å². The fourth-order valence-electron chi connectivity index (χ4n) is 1.22. The van der Waals surface area contributed by atoms with Crippen LogP contribution in [-0.2, 0) is 9.53 Å². The van der Waals surface area contributed by atoms with Gasteiger partial charge in [-0.15, -0.1) is 0 Å². The van der Waals surface area contributed by atoms with Crippen molar-refractivity contribution < 1.29 is 19.7 Å². The lowest BCUT2D eigenvalue weighted by Crippen LogP contribution is -2.50. The van der Waals surface area contributed by atoms with Crippen molar-refractivity contribution in [1.82, 2.24) is 0 Å². The molecule has 1 saturated heterocycles. The molecule has 70 valence electrons. The second-order valence-electron chi connectivity index (χ2n) is 3.30. The van der Waals surface area contributed by atoms with E-state index in [4.69, 9.17) is 20.7 Å². The molecule has 0 unspecified atom stereocenters. The van der Waals surface area contributed by atoms with Crippen LogP contribution in [0.5, 0.6) is 0 Å². The minimum atomic E-state index is -1.03. The first-order valence-electron chi connectivity index (χ1n) is 3.77. The average Bonchev–Trinajstić information content (AvgIpc) is 1.96. The smallest absolute Gasteiger partial charge is 0.320 e. The van der Waals surface area contributed by atoms with Gasteiger partial charge in [-0.2, -0.15) is 0 Å². The summed E-state index contributed by atoms with van der Waals surface area (Å²) in [6.07, 6.45) is 0.277. The summed E-state index contributed by atoms with van der Waals surface area (Å²) in [6.45, 7) is 0.753. The van der Waals surface area contributed by atoms with Crippen LogP contribution in [0, 0.1) is 5.41 Å². The van der Waals surface area contributed by atoms with Crippen molar-refractivity contribution >= 4 is 5.97 Å². The van der Waals surface area contributed by atoms with E-state index in [1.54, 1.807) is 0 Å². The molecule has 1 heterocycles. The highest BCUT2D eigenvalue weighted by atomic mass is 16.5. The average molecular weight is 175 g/mol. The van der Waals surface area contributed by atoms with Crippen molar-refractivity contribution in [2.24, 2.45) is 11.1 Å². The first kappa shape index (κ1) is 9.44. The van der Waals surface area contributed by atoms with Crippen LogP contribution in [0.4, 0.5) is 0 Å². The molecule has 0 aromatic carbocycles. The molecule has 12 heavy (non-hydrogen) atoms. The van der Waals surface area contributed by atoms with E-state index in [-0.39, 0.29) is 13.0 Å². The van der Waals surface area contributed by atoms with E-state index < -0.39 is 17.4 Å². The van der Waals surface area contributed by atoms with Crippen molar-refractivity contribution in [2.75, 3.05) is 19.8 Å². The largest absolute Gasteiger partial charge is 0.480 e. The highest BCUT2D eigenvalue weighted by molar-refractivity contribution is 5.73. The number of carboxylic acids is 1. The van der Waals surface area contributed by atoms with Crippen LogP contribution in [-0.4, -0.2) is 42.0 Å². The fraction of sp³-hybridized carbons (Fsp3) is 0.857. The molecule has 0 spiro atoms. The van der Waals surface area contributed by atoms with Gasteiger partial charge in [0.15, 0.2) is 0 Å². The van der Waals surface area contributed by atoms with E-state index in [9.17, 15) is 4.79 Å². The Morgan fingerprint density at radius 1 is 1.67 bits per heavy atom. The Kier molecular flexibility index (Phi) is 2.66. The molecular weight excluding hydrogens is 162 g/mol. The van der Waals surface area contributed by atoms with Gasteiger partial charge in [-0.3, -0.25) is 4.79 Å². The number of aliphatic carboxylic acids is 1. The zero-order valence-corrected chi connectivity index (χ0v) is 6.69. The van der Waals surface area contributed by atoms with Gasteiger partial charge >= 0.3 is 5.97 Å². The van der Waals surface area contributed by atoms with E-state index in [1.807, 2.05) is 0 Å². The number of ether oxygens (including phenoxy) is 1. The van der Waals surface area contributed by atoms with E-state index >= 15 is 0 Å². The van der Waals surface area contributed by atoms with Crippen molar-refractivity contribution in [3.8, 4) is 0 Å². The van der Waals surface area contributed by atoms with Gasteiger partial charge in [-0.1, -0.05) is 0 Å². The summed E-state index contributed by atoms with van der Waals surface area (Å²) in [5, 5.41) is 17.5. The quantitative estimate of drug-likeness (QED) is 0.499. The Morgan fingerprint density at radius 3 is 2.50 bits per heavy atom. The van der Waals surface area contributed by atoms with Gasteiger partial charge in [-0.25, -0.2) is 0 Å². The summed E-state index contributed by atoms with van der Waals surface area (Å²) < 4.78 is 4.90. The van der Waals surface area contributed by atoms with Crippen LogP contribution < -0.4 is 5.73 Å². The van der Waals surface area contributed by atoms with Crippen molar-refractivity contribution in [2.45, 2.75) is 12.5 Å². The van der Waals surface area contributed by atoms with E-state index in [0.29, 0.717) is 13.2 Å². The van der Waals surface area contributed by atoms with E-state index in [2.05, 4.69) is 0 Å². The number of nitrogens with two attached hydrogens (primary N) is 1. The first-order valence-corrected chi connectivity index (χ1v) is 3.77. The van der Waals surface area contributed by atoms with Crippen molar-refractivity contribution in [3.05, 3.63) is 0 Å². The normalized spacial score (nSPS) is 22.8. The lowest BCUT2D eigenvalue weighted by Gasteiger charge is -2.40. The third kappa shape index (κ3) is 1.74. The molecular formula is C7H13NO4. The Labute approximate surface area is 70.1 Å². The van der Waals surface area contributed by atoms with Crippen LogP contribution >= 0.6 is 0 Å². The maximum Gasteiger partial charge on any atom is 0.320 e. The molecule has 1 aliphatic heterocycles. The van der Waals surface area contributed by atoms with E-state index in [0.717, 1.165) is 0 Å². The Bertz CT molecular complexity index is 173. The predicted octanol–water partition coefficient (Wildman–Crippen LogP) is -1.20. The summed E-state index contributed by atoms with van der Waals surface area (Å²) in [7, 11) is 0. The van der Waals surface area contributed by atoms with Gasteiger partial charge in [0.1, 0.15) is 6.04 Å². The second-order valence-corrected chi connectivity index (χ2v) is 3.30. The second kappa shape index (κ2) is 3.38. The molecule has 1 aliphatic rings. The molecule has 0 radical (unpaired) electrons. The predicted molar refractivity (Wildman–Crippen MR) is 40.6 cm³/mol. The number of rotatable bonds is 4. The highest BCUT2D eigenvalue weighted by Crippen LogP contribution is 2.31. The summed E-state index contributed by atoms with van der Waals surface area (Å²) >= 11 is 0. The first-order chi connectivity index (χ1) is 5.59. The topological polar surface area (TPSA) is 92.8 Å². The molecule has 0 aromatic rings. The number of hydrogen-bond acceptors (Lipinski definition) is 4. The van der Waals surface area contributed by atoms with E-state index in [1.165, 1.54) is 0 Å². The standard InChI is InChI=1S/C7H13NO4/c8-5(6(10)11)1-7(2-9)3-12-4-7/h5,9H,1-4,8H2,(H,10,11)/t5-/m1/s1. The van der Waals surface area contributed by atoms with Gasteiger partial charge < -0.3 is 20.7 Å². The molecule has 1 atom stereocenters. The zero-order valence-electron chi connectivity index (χ0n) is 6.69. The number of carbonyl (C=O) groups is 1. The number of carboxylic acid groups (broad SMARTS) is 1. The third-order valence-corrected chi connectivity index (χ3v) is 2.12. The number of hydrogen-bond donors (Lipinski definition) is 3. The number of aliphatic hydroxyl groups excluding tert-OH is 1. The third-order valence-electron chi connectivity index (χ3n) is 2.12. The Hall–Kier alpha value is -0.650. The zero-order chi connectivity index (χ0) is 9.19. The van der Waals surface area contributed by atoms with Crippen LogP contribution in [0.1, 0.15) is 6.42 Å². The highest BCUT2D eigenvalue weighted by Gasteiger charge is 2.40. The van der Waals surface area contributed by atoms with Crippen LogP contribution in [0.25, 0.3) is 0 Å².